The molecular weight excluding hydrogens is 318 g/mol. The summed E-state index contributed by atoms with van der Waals surface area (Å²) in [7, 11) is 0. The van der Waals surface area contributed by atoms with E-state index in [0.29, 0.717) is 31.9 Å². The van der Waals surface area contributed by atoms with E-state index >= 15 is 0 Å². The average Bonchev–Trinajstić information content (AvgIpc) is 2.54. The first-order valence-corrected chi connectivity index (χ1v) is 8.60. The van der Waals surface area contributed by atoms with E-state index in [1.165, 1.54) is 12.5 Å². The van der Waals surface area contributed by atoms with Crippen LogP contribution < -0.4 is 5.32 Å². The second-order valence-electron chi connectivity index (χ2n) is 7.44. The molecule has 6 nitrogen and oxygen atoms in total. The van der Waals surface area contributed by atoms with Gasteiger partial charge in [-0.1, -0.05) is 32.9 Å². The van der Waals surface area contributed by atoms with Gasteiger partial charge in [-0.25, -0.2) is 0 Å². The van der Waals surface area contributed by atoms with E-state index in [0.717, 1.165) is 0 Å². The molecule has 0 radical (unpaired) electrons. The van der Waals surface area contributed by atoms with Crippen molar-refractivity contribution in [3.05, 3.63) is 29.8 Å². The Morgan fingerprint density at radius 3 is 1.96 bits per heavy atom. The number of amides is 3. The van der Waals surface area contributed by atoms with Gasteiger partial charge in [0.15, 0.2) is 0 Å². The Kier molecular flexibility index (Phi) is 5.82. The highest BCUT2D eigenvalue weighted by molar-refractivity contribution is 6.03. The minimum atomic E-state index is -0.317. The maximum atomic E-state index is 12.2. The number of nitrogens with one attached hydrogen (secondary N) is 1. The molecule has 3 amide bonds. The molecule has 1 aliphatic rings. The van der Waals surface area contributed by atoms with E-state index in [4.69, 9.17) is 0 Å². The summed E-state index contributed by atoms with van der Waals surface area (Å²) < 4.78 is 0. The van der Waals surface area contributed by atoms with Gasteiger partial charge >= 0.3 is 0 Å². The van der Waals surface area contributed by atoms with Gasteiger partial charge in [-0.2, -0.15) is 0 Å². The van der Waals surface area contributed by atoms with Crippen molar-refractivity contribution in [3.8, 4) is 0 Å². The SMILES string of the molecule is CC(=O)N1CCN(C(=O)CC(=O)Nc2ccc(C(C)(C)C)cc2)CC1. The van der Waals surface area contributed by atoms with Crippen LogP contribution in [0, 0.1) is 0 Å². The van der Waals surface area contributed by atoms with Crippen LogP contribution in [0.5, 0.6) is 0 Å². The molecule has 0 aromatic heterocycles. The maximum absolute atomic E-state index is 12.2. The van der Waals surface area contributed by atoms with Crippen molar-refractivity contribution in [1.29, 1.82) is 0 Å². The number of hydrogen-bond donors (Lipinski definition) is 1. The third kappa shape index (κ3) is 5.31. The molecule has 1 heterocycles. The van der Waals surface area contributed by atoms with Gasteiger partial charge in [0.2, 0.25) is 17.7 Å². The van der Waals surface area contributed by atoms with Gasteiger partial charge in [-0.15, -0.1) is 0 Å². The van der Waals surface area contributed by atoms with E-state index in [1.54, 1.807) is 9.80 Å². The van der Waals surface area contributed by atoms with Crippen molar-refractivity contribution in [2.45, 2.75) is 39.5 Å². The molecule has 1 aromatic rings. The summed E-state index contributed by atoms with van der Waals surface area (Å²) in [4.78, 5) is 39.0. The lowest BCUT2D eigenvalue weighted by atomic mass is 9.87. The van der Waals surface area contributed by atoms with Crippen molar-refractivity contribution < 1.29 is 14.4 Å². The Morgan fingerprint density at radius 2 is 1.48 bits per heavy atom. The second-order valence-corrected chi connectivity index (χ2v) is 7.44. The van der Waals surface area contributed by atoms with E-state index in [-0.39, 0.29) is 29.6 Å². The fourth-order valence-corrected chi connectivity index (χ4v) is 2.78. The first kappa shape index (κ1) is 19.0. The molecule has 0 saturated carbocycles. The molecule has 1 saturated heterocycles. The molecule has 0 spiro atoms. The molecular formula is C19H27N3O3. The van der Waals surface area contributed by atoms with Crippen LogP contribution in [0.1, 0.15) is 39.7 Å². The Bertz CT molecular complexity index is 639. The van der Waals surface area contributed by atoms with Gasteiger partial charge in [-0.05, 0) is 23.1 Å². The summed E-state index contributed by atoms with van der Waals surface area (Å²) in [6, 6.07) is 7.68. The Morgan fingerprint density at radius 1 is 0.960 bits per heavy atom. The summed E-state index contributed by atoms with van der Waals surface area (Å²) in [6.45, 7) is 9.92. The van der Waals surface area contributed by atoms with Crippen LogP contribution in [0.2, 0.25) is 0 Å². The standard InChI is InChI=1S/C19H27N3O3/c1-14(23)21-9-11-22(12-10-21)18(25)13-17(24)20-16-7-5-15(6-8-16)19(2,3)4/h5-8H,9-13H2,1-4H3,(H,20,24). The molecule has 1 aliphatic heterocycles. The second kappa shape index (κ2) is 7.68. The van der Waals surface area contributed by atoms with Gasteiger partial charge < -0.3 is 15.1 Å². The molecule has 0 bridgehead atoms. The molecule has 1 N–H and O–H groups in total. The van der Waals surface area contributed by atoms with Crippen molar-refractivity contribution in [2.75, 3.05) is 31.5 Å². The van der Waals surface area contributed by atoms with E-state index < -0.39 is 0 Å². The van der Waals surface area contributed by atoms with Gasteiger partial charge in [0.05, 0.1) is 0 Å². The lowest BCUT2D eigenvalue weighted by Crippen LogP contribution is -2.50. The number of carbonyl (C=O) groups is 3. The van der Waals surface area contributed by atoms with Crippen LogP contribution in [0.3, 0.4) is 0 Å². The largest absolute Gasteiger partial charge is 0.339 e. The first-order valence-electron chi connectivity index (χ1n) is 8.60. The zero-order chi connectivity index (χ0) is 18.6. The van der Waals surface area contributed by atoms with Crippen LogP contribution in [-0.4, -0.2) is 53.7 Å². The Hall–Kier alpha value is -2.37. The van der Waals surface area contributed by atoms with Crippen molar-refractivity contribution in [1.82, 2.24) is 9.80 Å². The molecule has 0 aliphatic carbocycles. The van der Waals surface area contributed by atoms with Crippen LogP contribution in [0.4, 0.5) is 5.69 Å². The molecule has 1 aromatic carbocycles. The van der Waals surface area contributed by atoms with Crippen LogP contribution in [0.15, 0.2) is 24.3 Å². The lowest BCUT2D eigenvalue weighted by Gasteiger charge is -2.34. The highest BCUT2D eigenvalue weighted by Crippen LogP contribution is 2.23. The van der Waals surface area contributed by atoms with Gasteiger partial charge in [0, 0.05) is 38.8 Å². The Labute approximate surface area is 149 Å². The summed E-state index contributed by atoms with van der Waals surface area (Å²) in [5, 5.41) is 2.77. The zero-order valence-electron chi connectivity index (χ0n) is 15.5. The molecule has 1 fully saturated rings. The van der Waals surface area contributed by atoms with E-state index in [9.17, 15) is 14.4 Å². The third-order valence-electron chi connectivity index (χ3n) is 4.42. The smallest absolute Gasteiger partial charge is 0.233 e. The number of nitrogens with zero attached hydrogens (tertiary/aromatic N) is 2. The topological polar surface area (TPSA) is 69.7 Å². The molecule has 25 heavy (non-hydrogen) atoms. The molecule has 0 unspecified atom stereocenters. The van der Waals surface area contributed by atoms with Gasteiger partial charge in [0.1, 0.15) is 6.42 Å². The van der Waals surface area contributed by atoms with Crippen LogP contribution in [-0.2, 0) is 19.8 Å². The quantitative estimate of drug-likeness (QED) is 0.852. The minimum absolute atomic E-state index is 0.0172. The molecule has 136 valence electrons. The summed E-state index contributed by atoms with van der Waals surface area (Å²) in [6.07, 6.45) is -0.179. The molecule has 0 atom stereocenters. The molecule has 2 rings (SSSR count). The van der Waals surface area contributed by atoms with Crippen molar-refractivity contribution >= 4 is 23.4 Å². The summed E-state index contributed by atoms with van der Waals surface area (Å²) in [5.74, 6) is -0.502. The van der Waals surface area contributed by atoms with Crippen LogP contribution >= 0.6 is 0 Å². The maximum Gasteiger partial charge on any atom is 0.233 e. The number of anilines is 1. The molecule has 6 heteroatoms. The summed E-state index contributed by atoms with van der Waals surface area (Å²) in [5.41, 5.74) is 1.93. The zero-order valence-corrected chi connectivity index (χ0v) is 15.5. The monoisotopic (exact) mass is 345 g/mol. The minimum Gasteiger partial charge on any atom is -0.339 e. The van der Waals surface area contributed by atoms with Crippen molar-refractivity contribution in [3.63, 3.8) is 0 Å². The van der Waals surface area contributed by atoms with E-state index in [1.807, 2.05) is 24.3 Å². The number of rotatable bonds is 3. The highest BCUT2D eigenvalue weighted by Gasteiger charge is 2.23. The lowest BCUT2D eigenvalue weighted by molar-refractivity contribution is -0.140. The fraction of sp³-hybridized carbons (Fsp3) is 0.526. The van der Waals surface area contributed by atoms with E-state index in [2.05, 4.69) is 26.1 Å². The Balaban J connectivity index is 1.84. The van der Waals surface area contributed by atoms with Gasteiger partial charge in [0.25, 0.3) is 0 Å². The first-order chi connectivity index (χ1) is 11.7. The highest BCUT2D eigenvalue weighted by atomic mass is 16.2. The van der Waals surface area contributed by atoms with Gasteiger partial charge in [-0.3, -0.25) is 14.4 Å². The number of piperazine rings is 1. The normalized spacial score (nSPS) is 15.0. The summed E-state index contributed by atoms with van der Waals surface area (Å²) >= 11 is 0. The third-order valence-corrected chi connectivity index (χ3v) is 4.42. The average molecular weight is 345 g/mol. The number of hydrogen-bond acceptors (Lipinski definition) is 3. The predicted molar refractivity (Wildman–Crippen MR) is 97.2 cm³/mol. The predicted octanol–water partition coefficient (Wildman–Crippen LogP) is 2.00. The number of benzene rings is 1. The van der Waals surface area contributed by atoms with Crippen LogP contribution in [0.25, 0.3) is 0 Å². The number of carbonyl (C=O) groups excluding carboxylic acids is 3. The van der Waals surface area contributed by atoms with Crippen molar-refractivity contribution in [2.24, 2.45) is 0 Å². The fourth-order valence-electron chi connectivity index (χ4n) is 2.78.